The molecule has 3 heterocycles. The van der Waals surface area contributed by atoms with Gasteiger partial charge in [0.2, 0.25) is 5.91 Å². The van der Waals surface area contributed by atoms with Gasteiger partial charge in [0.1, 0.15) is 16.5 Å². The molecule has 5 rings (SSSR count). The smallest absolute Gasteiger partial charge is 0.223 e. The average molecular weight is 465 g/mol. The summed E-state index contributed by atoms with van der Waals surface area (Å²) in [6.07, 6.45) is 4.95. The van der Waals surface area contributed by atoms with Gasteiger partial charge in [-0.3, -0.25) is 4.79 Å². The molecule has 3 aromatic rings. The Morgan fingerprint density at radius 1 is 1.15 bits per heavy atom. The van der Waals surface area contributed by atoms with Crippen molar-refractivity contribution in [3.63, 3.8) is 0 Å². The lowest BCUT2D eigenvalue weighted by atomic mass is 9.95. The van der Waals surface area contributed by atoms with Crippen LogP contribution in [0.4, 0.5) is 5.82 Å². The van der Waals surface area contributed by atoms with Crippen molar-refractivity contribution in [2.75, 3.05) is 37.7 Å². The van der Waals surface area contributed by atoms with E-state index >= 15 is 0 Å². The average Bonchev–Trinajstić information content (AvgIpc) is 3.63. The third kappa shape index (κ3) is 5.04. The van der Waals surface area contributed by atoms with E-state index in [0.717, 1.165) is 60.8 Å². The van der Waals surface area contributed by atoms with E-state index in [-0.39, 0.29) is 11.8 Å². The van der Waals surface area contributed by atoms with E-state index < -0.39 is 0 Å². The normalized spacial score (nSPS) is 16.9. The first kappa shape index (κ1) is 22.3. The molecule has 1 aliphatic carbocycles. The van der Waals surface area contributed by atoms with Gasteiger partial charge in [0.25, 0.3) is 0 Å². The lowest BCUT2D eigenvalue weighted by molar-refractivity contribution is -0.125. The summed E-state index contributed by atoms with van der Waals surface area (Å²) in [4.78, 5) is 26.1. The fourth-order valence-corrected chi connectivity index (χ4v) is 5.50. The van der Waals surface area contributed by atoms with Gasteiger partial charge in [-0.15, -0.1) is 11.3 Å². The molecular formula is C26H32N4O2S. The van der Waals surface area contributed by atoms with Crippen LogP contribution in [0.2, 0.25) is 0 Å². The number of aromatic nitrogens is 2. The molecule has 174 valence electrons. The molecule has 2 aliphatic rings. The van der Waals surface area contributed by atoms with Crippen LogP contribution in [0.5, 0.6) is 0 Å². The van der Waals surface area contributed by atoms with Crippen LogP contribution in [0.3, 0.4) is 0 Å². The van der Waals surface area contributed by atoms with E-state index in [1.165, 1.54) is 24.0 Å². The topological polar surface area (TPSA) is 67.3 Å². The summed E-state index contributed by atoms with van der Waals surface area (Å²) in [5, 5.41) is 6.47. The molecule has 2 aromatic heterocycles. The first-order valence-corrected chi connectivity index (χ1v) is 13.1. The van der Waals surface area contributed by atoms with Crippen LogP contribution in [-0.2, 0) is 9.53 Å². The van der Waals surface area contributed by atoms with E-state index in [0.29, 0.717) is 19.1 Å². The summed E-state index contributed by atoms with van der Waals surface area (Å²) in [7, 11) is 0. The molecule has 0 unspecified atom stereocenters. The molecule has 1 aliphatic heterocycles. The first-order valence-electron chi connectivity index (χ1n) is 12.2. The van der Waals surface area contributed by atoms with Crippen molar-refractivity contribution < 1.29 is 9.53 Å². The minimum absolute atomic E-state index is 0.0737. The molecule has 1 aromatic carbocycles. The van der Waals surface area contributed by atoms with Gasteiger partial charge in [0.05, 0.1) is 5.39 Å². The Kier molecular flexibility index (Phi) is 6.88. The molecule has 0 radical (unpaired) electrons. The van der Waals surface area contributed by atoms with Gasteiger partial charge in [-0.05, 0) is 44.6 Å². The first-order chi connectivity index (χ1) is 16.2. The number of piperidine rings is 1. The molecule has 6 nitrogen and oxygen atoms in total. The Morgan fingerprint density at radius 2 is 1.94 bits per heavy atom. The number of hydrogen-bond donors (Lipinski definition) is 1. The van der Waals surface area contributed by atoms with Gasteiger partial charge in [-0.2, -0.15) is 0 Å². The zero-order valence-electron chi connectivity index (χ0n) is 19.3. The summed E-state index contributed by atoms with van der Waals surface area (Å²) >= 11 is 1.71. The van der Waals surface area contributed by atoms with Crippen molar-refractivity contribution in [2.45, 2.75) is 44.9 Å². The van der Waals surface area contributed by atoms with Crippen LogP contribution < -0.4 is 10.2 Å². The van der Waals surface area contributed by atoms with Gasteiger partial charge < -0.3 is 15.0 Å². The van der Waals surface area contributed by atoms with Crippen LogP contribution in [0, 0.1) is 5.92 Å². The molecule has 33 heavy (non-hydrogen) atoms. The van der Waals surface area contributed by atoms with E-state index in [4.69, 9.17) is 14.7 Å². The highest BCUT2D eigenvalue weighted by Gasteiger charge is 2.31. The fourth-order valence-electron chi connectivity index (χ4n) is 4.55. The monoisotopic (exact) mass is 464 g/mol. The van der Waals surface area contributed by atoms with Crippen molar-refractivity contribution in [1.29, 1.82) is 0 Å². The maximum Gasteiger partial charge on any atom is 0.223 e. The quantitative estimate of drug-likeness (QED) is 0.452. The standard InChI is InChI=1S/C26H32N4O2S/c1-2-32-16-6-13-27-25(31)20-11-14-30(15-12-20)24-22-21(18-7-4-3-5-8-18)17-33-26(22)29-23(28-24)19-9-10-19/h3-5,7-8,17,19-20H,2,6,9-16H2,1H3,(H,27,31). The third-order valence-electron chi connectivity index (χ3n) is 6.59. The van der Waals surface area contributed by atoms with E-state index in [1.54, 1.807) is 11.3 Å². The molecule has 0 atom stereocenters. The molecule has 0 spiro atoms. The number of ether oxygens (including phenoxy) is 1. The number of nitrogens with one attached hydrogen (secondary N) is 1. The maximum atomic E-state index is 12.6. The highest BCUT2D eigenvalue weighted by atomic mass is 32.1. The van der Waals surface area contributed by atoms with Gasteiger partial charge in [0.15, 0.2) is 0 Å². The number of thiophene rings is 1. The minimum atomic E-state index is 0.0737. The van der Waals surface area contributed by atoms with Gasteiger partial charge in [0, 0.05) is 55.6 Å². The minimum Gasteiger partial charge on any atom is -0.382 e. The van der Waals surface area contributed by atoms with Crippen LogP contribution >= 0.6 is 11.3 Å². The molecule has 7 heteroatoms. The third-order valence-corrected chi connectivity index (χ3v) is 7.47. The van der Waals surface area contributed by atoms with Crippen molar-refractivity contribution in [2.24, 2.45) is 5.92 Å². The molecule has 1 saturated carbocycles. The number of hydrogen-bond acceptors (Lipinski definition) is 6. The Morgan fingerprint density at radius 3 is 2.67 bits per heavy atom. The summed E-state index contributed by atoms with van der Waals surface area (Å²) in [6.45, 7) is 5.79. The second kappa shape index (κ2) is 10.2. The molecule has 2 fully saturated rings. The van der Waals surface area contributed by atoms with Crippen LogP contribution in [-0.4, -0.2) is 48.7 Å². The molecule has 1 saturated heterocycles. The van der Waals surface area contributed by atoms with Crippen molar-refractivity contribution >= 4 is 33.3 Å². The lowest BCUT2D eigenvalue weighted by Gasteiger charge is -2.33. The largest absolute Gasteiger partial charge is 0.382 e. The Balaban J connectivity index is 1.33. The zero-order valence-corrected chi connectivity index (χ0v) is 20.1. The molecular weight excluding hydrogens is 432 g/mol. The summed E-state index contributed by atoms with van der Waals surface area (Å²) < 4.78 is 5.36. The number of carbonyl (C=O) groups excluding carboxylic acids is 1. The van der Waals surface area contributed by atoms with E-state index in [1.807, 2.05) is 13.0 Å². The Bertz CT molecular complexity index is 1090. The number of fused-ring (bicyclic) bond motifs is 1. The van der Waals surface area contributed by atoms with E-state index in [2.05, 4.69) is 39.9 Å². The number of nitrogens with zero attached hydrogens (tertiary/aromatic N) is 3. The fraction of sp³-hybridized carbons (Fsp3) is 0.500. The second-order valence-corrected chi connectivity index (χ2v) is 9.84. The van der Waals surface area contributed by atoms with Crippen LogP contribution in [0.15, 0.2) is 35.7 Å². The Labute approximate surface area is 199 Å². The number of carbonyl (C=O) groups is 1. The summed E-state index contributed by atoms with van der Waals surface area (Å²) in [6, 6.07) is 10.5. The summed E-state index contributed by atoms with van der Waals surface area (Å²) in [5.41, 5.74) is 2.41. The zero-order chi connectivity index (χ0) is 22.6. The molecule has 1 N–H and O–H groups in total. The van der Waals surface area contributed by atoms with Gasteiger partial charge >= 0.3 is 0 Å². The molecule has 0 bridgehead atoms. The maximum absolute atomic E-state index is 12.6. The van der Waals surface area contributed by atoms with E-state index in [9.17, 15) is 4.79 Å². The van der Waals surface area contributed by atoms with Crippen molar-refractivity contribution in [3.05, 3.63) is 41.5 Å². The second-order valence-electron chi connectivity index (χ2n) is 8.98. The Hall–Kier alpha value is -2.51. The number of rotatable bonds is 9. The number of benzene rings is 1. The van der Waals surface area contributed by atoms with Crippen LogP contribution in [0.1, 0.15) is 50.8 Å². The SMILES string of the molecule is CCOCCCNC(=O)C1CCN(c2nc(C3CC3)nc3scc(-c4ccccc4)c23)CC1. The highest BCUT2D eigenvalue weighted by Crippen LogP contribution is 2.44. The molecule has 1 amide bonds. The van der Waals surface area contributed by atoms with Gasteiger partial charge in [-0.25, -0.2) is 9.97 Å². The van der Waals surface area contributed by atoms with Crippen molar-refractivity contribution in [3.8, 4) is 11.1 Å². The highest BCUT2D eigenvalue weighted by molar-refractivity contribution is 7.17. The predicted octanol–water partition coefficient (Wildman–Crippen LogP) is 4.99. The van der Waals surface area contributed by atoms with Crippen LogP contribution in [0.25, 0.3) is 21.3 Å². The summed E-state index contributed by atoms with van der Waals surface area (Å²) in [5.74, 6) is 2.81. The number of anilines is 1. The lowest BCUT2D eigenvalue weighted by Crippen LogP contribution is -2.41. The van der Waals surface area contributed by atoms with Crippen molar-refractivity contribution in [1.82, 2.24) is 15.3 Å². The predicted molar refractivity (Wildman–Crippen MR) is 134 cm³/mol. The number of amides is 1. The van der Waals surface area contributed by atoms with Gasteiger partial charge in [-0.1, -0.05) is 30.3 Å².